The second kappa shape index (κ2) is 6.45. The molecule has 2 aromatic rings. The van der Waals surface area contributed by atoms with Gasteiger partial charge in [-0.15, -0.1) is 0 Å². The summed E-state index contributed by atoms with van der Waals surface area (Å²) >= 11 is 6.18. The minimum Gasteiger partial charge on any atom is -0.476 e. The molecule has 24 heavy (non-hydrogen) atoms. The third-order valence-corrected chi connectivity index (χ3v) is 4.33. The fourth-order valence-corrected chi connectivity index (χ4v) is 2.95. The van der Waals surface area contributed by atoms with E-state index in [0.29, 0.717) is 29.5 Å². The SMILES string of the molecule is CN(c1cnc(C(=O)O)cn1)C1CCN(c2ccccc2Cl)C1=O. The molecule has 124 valence electrons. The molecule has 1 unspecified atom stereocenters. The number of rotatable bonds is 4. The Bertz CT molecular complexity index is 781. The van der Waals surface area contributed by atoms with Gasteiger partial charge in [0.1, 0.15) is 11.9 Å². The molecular weight excluding hydrogens is 332 g/mol. The van der Waals surface area contributed by atoms with Gasteiger partial charge in [-0.3, -0.25) is 4.79 Å². The molecule has 1 fully saturated rings. The van der Waals surface area contributed by atoms with Crippen molar-refractivity contribution in [1.29, 1.82) is 0 Å². The molecule has 0 aliphatic carbocycles. The normalized spacial score (nSPS) is 17.2. The summed E-state index contributed by atoms with van der Waals surface area (Å²) in [6.45, 7) is 0.554. The van der Waals surface area contributed by atoms with Crippen LogP contribution in [0, 0.1) is 0 Å². The third-order valence-electron chi connectivity index (χ3n) is 4.01. The van der Waals surface area contributed by atoms with Crippen molar-refractivity contribution in [2.75, 3.05) is 23.4 Å². The molecule has 1 N–H and O–H groups in total. The molecule has 0 bridgehead atoms. The average molecular weight is 347 g/mol. The fourth-order valence-electron chi connectivity index (χ4n) is 2.71. The van der Waals surface area contributed by atoms with Crippen molar-refractivity contribution < 1.29 is 14.7 Å². The lowest BCUT2D eigenvalue weighted by molar-refractivity contribution is -0.118. The van der Waals surface area contributed by atoms with Crippen LogP contribution in [0.3, 0.4) is 0 Å². The highest BCUT2D eigenvalue weighted by Gasteiger charge is 2.36. The third kappa shape index (κ3) is 2.90. The van der Waals surface area contributed by atoms with Crippen LogP contribution in [-0.4, -0.2) is 46.6 Å². The van der Waals surface area contributed by atoms with Crippen LogP contribution >= 0.6 is 11.6 Å². The molecule has 7 nitrogen and oxygen atoms in total. The van der Waals surface area contributed by atoms with Gasteiger partial charge >= 0.3 is 5.97 Å². The highest BCUT2D eigenvalue weighted by Crippen LogP contribution is 2.31. The lowest BCUT2D eigenvalue weighted by Gasteiger charge is -2.24. The number of carboxylic acids is 1. The zero-order chi connectivity index (χ0) is 17.3. The Kier molecular flexibility index (Phi) is 4.35. The van der Waals surface area contributed by atoms with E-state index >= 15 is 0 Å². The Morgan fingerprint density at radius 3 is 2.71 bits per heavy atom. The van der Waals surface area contributed by atoms with E-state index in [1.807, 2.05) is 18.2 Å². The van der Waals surface area contributed by atoms with Crippen LogP contribution in [0.4, 0.5) is 11.5 Å². The van der Waals surface area contributed by atoms with Gasteiger partial charge in [0.05, 0.1) is 23.1 Å². The van der Waals surface area contributed by atoms with Gasteiger partial charge < -0.3 is 14.9 Å². The largest absolute Gasteiger partial charge is 0.476 e. The number of carboxylic acid groups (broad SMARTS) is 1. The number of carbonyl (C=O) groups excluding carboxylic acids is 1. The Morgan fingerprint density at radius 2 is 2.08 bits per heavy atom. The van der Waals surface area contributed by atoms with E-state index in [1.54, 1.807) is 22.9 Å². The maximum absolute atomic E-state index is 12.7. The van der Waals surface area contributed by atoms with E-state index in [1.165, 1.54) is 12.4 Å². The lowest BCUT2D eigenvalue weighted by atomic mass is 10.2. The molecule has 8 heteroatoms. The summed E-state index contributed by atoms with van der Waals surface area (Å²) in [6.07, 6.45) is 3.15. The first-order valence-electron chi connectivity index (χ1n) is 7.33. The molecule has 0 spiro atoms. The summed E-state index contributed by atoms with van der Waals surface area (Å²) in [5.41, 5.74) is 0.551. The lowest BCUT2D eigenvalue weighted by Crippen LogP contribution is -2.40. The number of nitrogens with zero attached hydrogens (tertiary/aromatic N) is 4. The van der Waals surface area contributed by atoms with Gasteiger partial charge in [0.25, 0.3) is 0 Å². The van der Waals surface area contributed by atoms with Crippen molar-refractivity contribution in [3.63, 3.8) is 0 Å². The van der Waals surface area contributed by atoms with Gasteiger partial charge in [0.2, 0.25) is 5.91 Å². The standard InChI is InChI=1S/C16H15ClN4O3/c1-20(14-9-18-11(8-19-14)16(23)24)13-6-7-21(15(13)22)12-5-3-2-4-10(12)17/h2-5,8-9,13H,6-7H2,1H3,(H,23,24). The average Bonchev–Trinajstić information content (AvgIpc) is 2.96. The number of anilines is 2. The number of benzene rings is 1. The van der Waals surface area contributed by atoms with Crippen molar-refractivity contribution in [3.05, 3.63) is 47.4 Å². The zero-order valence-corrected chi connectivity index (χ0v) is 13.6. The molecule has 1 amide bonds. The highest BCUT2D eigenvalue weighted by atomic mass is 35.5. The minimum absolute atomic E-state index is 0.0743. The first kappa shape index (κ1) is 16.2. The van der Waals surface area contributed by atoms with Crippen molar-refractivity contribution in [2.24, 2.45) is 0 Å². The molecule has 2 heterocycles. The van der Waals surface area contributed by atoms with Crippen LogP contribution in [0.2, 0.25) is 5.02 Å². The van der Waals surface area contributed by atoms with Gasteiger partial charge in [-0.2, -0.15) is 0 Å². The summed E-state index contributed by atoms with van der Waals surface area (Å²) in [5, 5.41) is 9.39. The van der Waals surface area contributed by atoms with Crippen molar-refractivity contribution in [1.82, 2.24) is 9.97 Å². The highest BCUT2D eigenvalue weighted by molar-refractivity contribution is 6.34. The predicted octanol–water partition coefficient (Wildman–Crippen LogP) is 2.07. The van der Waals surface area contributed by atoms with E-state index in [2.05, 4.69) is 9.97 Å². The van der Waals surface area contributed by atoms with Crippen LogP contribution < -0.4 is 9.80 Å². The molecule has 1 aromatic heterocycles. The molecule has 0 saturated carbocycles. The zero-order valence-electron chi connectivity index (χ0n) is 12.9. The maximum atomic E-state index is 12.7. The van der Waals surface area contributed by atoms with Crippen LogP contribution in [0.1, 0.15) is 16.9 Å². The number of likely N-dealkylation sites (N-methyl/N-ethyl adjacent to an activating group) is 1. The summed E-state index contributed by atoms with van der Waals surface area (Å²) in [6, 6.07) is 6.81. The monoisotopic (exact) mass is 346 g/mol. The summed E-state index contributed by atoms with van der Waals surface area (Å²) in [4.78, 5) is 34.8. The van der Waals surface area contributed by atoms with Gasteiger partial charge in [-0.1, -0.05) is 23.7 Å². The minimum atomic E-state index is -1.14. The Labute approximate surface area is 143 Å². The van der Waals surface area contributed by atoms with Crippen LogP contribution in [-0.2, 0) is 4.79 Å². The molecule has 1 aromatic carbocycles. The number of carbonyl (C=O) groups is 2. The molecule has 1 saturated heterocycles. The van der Waals surface area contributed by atoms with E-state index in [9.17, 15) is 9.59 Å². The molecular formula is C16H15ClN4O3. The second-order valence-electron chi connectivity index (χ2n) is 5.42. The number of amides is 1. The summed E-state index contributed by atoms with van der Waals surface area (Å²) in [7, 11) is 1.74. The number of hydrogen-bond donors (Lipinski definition) is 1. The smallest absolute Gasteiger partial charge is 0.356 e. The summed E-state index contributed by atoms with van der Waals surface area (Å²) < 4.78 is 0. The van der Waals surface area contributed by atoms with Gasteiger partial charge in [-0.25, -0.2) is 14.8 Å². The van der Waals surface area contributed by atoms with Crippen molar-refractivity contribution in [3.8, 4) is 0 Å². The van der Waals surface area contributed by atoms with E-state index < -0.39 is 12.0 Å². The van der Waals surface area contributed by atoms with Crippen LogP contribution in [0.25, 0.3) is 0 Å². The van der Waals surface area contributed by atoms with Crippen LogP contribution in [0.5, 0.6) is 0 Å². The van der Waals surface area contributed by atoms with Gasteiger partial charge in [0, 0.05) is 13.6 Å². The quantitative estimate of drug-likeness (QED) is 0.912. The second-order valence-corrected chi connectivity index (χ2v) is 5.83. The van der Waals surface area contributed by atoms with Crippen molar-refractivity contribution >= 4 is 35.0 Å². The number of aromatic carboxylic acids is 1. The number of hydrogen-bond acceptors (Lipinski definition) is 5. The Morgan fingerprint density at radius 1 is 1.33 bits per heavy atom. The summed E-state index contributed by atoms with van der Waals surface area (Å²) in [5.74, 6) is -0.771. The first-order chi connectivity index (χ1) is 11.5. The fraction of sp³-hybridized carbons (Fsp3) is 0.250. The Hall–Kier alpha value is -2.67. The maximum Gasteiger partial charge on any atom is 0.356 e. The van der Waals surface area contributed by atoms with E-state index in [4.69, 9.17) is 16.7 Å². The van der Waals surface area contributed by atoms with Crippen LogP contribution in [0.15, 0.2) is 36.7 Å². The van der Waals surface area contributed by atoms with E-state index in [-0.39, 0.29) is 11.6 Å². The predicted molar refractivity (Wildman–Crippen MR) is 89.6 cm³/mol. The van der Waals surface area contributed by atoms with Crippen molar-refractivity contribution in [2.45, 2.75) is 12.5 Å². The van der Waals surface area contributed by atoms with Gasteiger partial charge in [0.15, 0.2) is 5.69 Å². The number of aromatic nitrogens is 2. The topological polar surface area (TPSA) is 86.6 Å². The number of para-hydroxylation sites is 1. The van der Waals surface area contributed by atoms with Gasteiger partial charge in [-0.05, 0) is 18.6 Å². The molecule has 1 atom stereocenters. The molecule has 1 aliphatic rings. The molecule has 1 aliphatic heterocycles. The number of halogens is 1. The molecule has 3 rings (SSSR count). The molecule has 0 radical (unpaired) electrons. The Balaban J connectivity index is 1.79. The first-order valence-corrected chi connectivity index (χ1v) is 7.71. The van der Waals surface area contributed by atoms with E-state index in [0.717, 1.165) is 0 Å².